The van der Waals surface area contributed by atoms with Crippen molar-refractivity contribution >= 4 is 34.5 Å². The Morgan fingerprint density at radius 3 is 2.48 bits per heavy atom. The molecule has 1 heterocycles. The molecule has 7 nitrogen and oxygen atoms in total. The maximum atomic E-state index is 12.6. The number of carbonyl (C=O) groups excluding carboxylic acids is 2. The second kappa shape index (κ2) is 7.89. The number of carbonyl (C=O) groups is 2. The van der Waals surface area contributed by atoms with Crippen LogP contribution in [0.2, 0.25) is 0 Å². The molecule has 25 heavy (non-hydrogen) atoms. The third-order valence-corrected chi connectivity index (χ3v) is 4.61. The largest absolute Gasteiger partial charge is 0.339 e. The lowest BCUT2D eigenvalue weighted by atomic mass is 10.0. The minimum Gasteiger partial charge on any atom is -0.339 e. The van der Waals surface area contributed by atoms with Gasteiger partial charge >= 0.3 is 0 Å². The van der Waals surface area contributed by atoms with Gasteiger partial charge in [0.25, 0.3) is 11.6 Å². The normalized spacial score (nSPS) is 11.8. The number of nitro groups is 1. The van der Waals surface area contributed by atoms with Gasteiger partial charge in [0.1, 0.15) is 6.04 Å². The summed E-state index contributed by atoms with van der Waals surface area (Å²) in [5.41, 5.74) is 0.657. The topological polar surface area (TPSA) is 101 Å². The van der Waals surface area contributed by atoms with Gasteiger partial charge in [0, 0.05) is 6.07 Å². The Bertz CT molecular complexity index is 787. The zero-order valence-corrected chi connectivity index (χ0v) is 14.9. The van der Waals surface area contributed by atoms with Gasteiger partial charge in [-0.05, 0) is 30.4 Å². The van der Waals surface area contributed by atoms with E-state index < -0.39 is 16.9 Å². The standard InChI is InChI=1S/C17H19N3O4S/c1-10(2)15(19-16(21)14-8-5-9-25-14)17(22)18-12-6-4-7-13(11(12)3)20(23)24/h4-10,15H,1-3H3,(H,18,22)(H,19,21). The molecule has 8 heteroatoms. The number of rotatable bonds is 6. The lowest BCUT2D eigenvalue weighted by Gasteiger charge is -2.22. The molecule has 1 atom stereocenters. The first kappa shape index (κ1) is 18.6. The quantitative estimate of drug-likeness (QED) is 0.608. The Labute approximate surface area is 149 Å². The van der Waals surface area contributed by atoms with Crippen LogP contribution in [0, 0.1) is 23.0 Å². The van der Waals surface area contributed by atoms with Gasteiger partial charge in [0.05, 0.1) is 21.1 Å². The van der Waals surface area contributed by atoms with Gasteiger partial charge in [-0.15, -0.1) is 11.3 Å². The molecule has 0 saturated carbocycles. The van der Waals surface area contributed by atoms with E-state index in [-0.39, 0.29) is 17.5 Å². The summed E-state index contributed by atoms with van der Waals surface area (Å²) in [6, 6.07) is 7.17. The number of nitro benzene ring substituents is 1. The summed E-state index contributed by atoms with van der Waals surface area (Å²) in [5.74, 6) is -0.883. The highest BCUT2D eigenvalue weighted by Gasteiger charge is 2.26. The molecule has 1 aromatic carbocycles. The number of amides is 2. The van der Waals surface area contributed by atoms with Crippen LogP contribution in [0.1, 0.15) is 29.1 Å². The monoisotopic (exact) mass is 361 g/mol. The average Bonchev–Trinajstić information content (AvgIpc) is 3.08. The number of hydrogen-bond acceptors (Lipinski definition) is 5. The first-order chi connectivity index (χ1) is 11.8. The fourth-order valence-electron chi connectivity index (χ4n) is 2.32. The molecule has 0 spiro atoms. The van der Waals surface area contributed by atoms with Crippen molar-refractivity contribution in [1.29, 1.82) is 0 Å². The summed E-state index contributed by atoms with van der Waals surface area (Å²) >= 11 is 1.29. The predicted octanol–water partition coefficient (Wildman–Crippen LogP) is 3.36. The van der Waals surface area contributed by atoms with Crippen molar-refractivity contribution in [2.45, 2.75) is 26.8 Å². The molecule has 0 radical (unpaired) electrons. The third-order valence-electron chi connectivity index (χ3n) is 3.74. The van der Waals surface area contributed by atoms with Crippen molar-refractivity contribution in [1.82, 2.24) is 5.32 Å². The first-order valence-corrected chi connectivity index (χ1v) is 8.58. The summed E-state index contributed by atoms with van der Waals surface area (Å²) in [7, 11) is 0. The number of anilines is 1. The van der Waals surface area contributed by atoms with Crippen LogP contribution < -0.4 is 10.6 Å². The summed E-state index contributed by atoms with van der Waals surface area (Å²) in [5, 5.41) is 18.2. The van der Waals surface area contributed by atoms with Crippen LogP contribution in [-0.2, 0) is 4.79 Å². The summed E-state index contributed by atoms with van der Waals surface area (Å²) in [6.07, 6.45) is 0. The van der Waals surface area contributed by atoms with Crippen molar-refractivity contribution in [3.63, 3.8) is 0 Å². The van der Waals surface area contributed by atoms with E-state index in [0.29, 0.717) is 16.1 Å². The maximum absolute atomic E-state index is 12.6. The van der Waals surface area contributed by atoms with Gasteiger partial charge in [0.15, 0.2) is 0 Å². The van der Waals surface area contributed by atoms with Crippen LogP contribution in [-0.4, -0.2) is 22.8 Å². The number of nitrogens with one attached hydrogen (secondary N) is 2. The molecular formula is C17H19N3O4S. The minimum absolute atomic E-state index is 0.0680. The van der Waals surface area contributed by atoms with E-state index in [1.54, 1.807) is 30.5 Å². The summed E-state index contributed by atoms with van der Waals surface area (Å²) < 4.78 is 0. The Hall–Kier alpha value is -2.74. The van der Waals surface area contributed by atoms with Crippen LogP contribution in [0.25, 0.3) is 0 Å². The van der Waals surface area contributed by atoms with Gasteiger partial charge in [-0.2, -0.15) is 0 Å². The molecule has 1 unspecified atom stereocenters. The average molecular weight is 361 g/mol. The molecule has 0 saturated heterocycles. The fraction of sp³-hybridized carbons (Fsp3) is 0.294. The molecule has 2 amide bonds. The number of hydrogen-bond donors (Lipinski definition) is 2. The third kappa shape index (κ3) is 4.42. The Morgan fingerprint density at radius 2 is 1.92 bits per heavy atom. The van der Waals surface area contributed by atoms with E-state index in [1.165, 1.54) is 23.5 Å². The van der Waals surface area contributed by atoms with E-state index >= 15 is 0 Å². The van der Waals surface area contributed by atoms with Crippen LogP contribution in [0.4, 0.5) is 11.4 Å². The van der Waals surface area contributed by atoms with Crippen LogP contribution in [0.3, 0.4) is 0 Å². The van der Waals surface area contributed by atoms with E-state index in [0.717, 1.165) is 0 Å². The zero-order valence-electron chi connectivity index (χ0n) is 14.1. The minimum atomic E-state index is -0.756. The van der Waals surface area contributed by atoms with Gasteiger partial charge in [-0.3, -0.25) is 19.7 Å². The maximum Gasteiger partial charge on any atom is 0.274 e. The van der Waals surface area contributed by atoms with E-state index in [9.17, 15) is 19.7 Å². The molecule has 0 fully saturated rings. The number of benzene rings is 1. The second-order valence-electron chi connectivity index (χ2n) is 5.87. The molecule has 2 aromatic rings. The molecule has 0 aliphatic carbocycles. The van der Waals surface area contributed by atoms with Gasteiger partial charge < -0.3 is 10.6 Å². The predicted molar refractivity (Wildman–Crippen MR) is 96.9 cm³/mol. The SMILES string of the molecule is Cc1c(NC(=O)C(NC(=O)c2cccs2)C(C)C)cccc1[N+](=O)[O-]. The van der Waals surface area contributed by atoms with Crippen molar-refractivity contribution in [2.75, 3.05) is 5.32 Å². The van der Waals surface area contributed by atoms with Crippen molar-refractivity contribution in [2.24, 2.45) is 5.92 Å². The highest BCUT2D eigenvalue weighted by molar-refractivity contribution is 7.12. The second-order valence-corrected chi connectivity index (χ2v) is 6.82. The van der Waals surface area contributed by atoms with Crippen molar-refractivity contribution in [3.8, 4) is 0 Å². The molecule has 0 aliphatic rings. The molecule has 132 valence electrons. The highest BCUT2D eigenvalue weighted by Crippen LogP contribution is 2.25. The fourth-order valence-corrected chi connectivity index (χ4v) is 2.95. The molecule has 2 rings (SSSR count). The van der Waals surface area contributed by atoms with E-state index in [1.807, 2.05) is 13.8 Å². The number of nitrogens with zero attached hydrogens (tertiary/aromatic N) is 1. The molecule has 0 aliphatic heterocycles. The first-order valence-electron chi connectivity index (χ1n) is 7.70. The highest BCUT2D eigenvalue weighted by atomic mass is 32.1. The van der Waals surface area contributed by atoms with Crippen molar-refractivity contribution < 1.29 is 14.5 Å². The summed E-state index contributed by atoms with van der Waals surface area (Å²) in [4.78, 5) is 35.9. The number of thiophene rings is 1. The van der Waals surface area contributed by atoms with E-state index in [2.05, 4.69) is 10.6 Å². The van der Waals surface area contributed by atoms with Gasteiger partial charge in [0.2, 0.25) is 5.91 Å². The van der Waals surface area contributed by atoms with E-state index in [4.69, 9.17) is 0 Å². The van der Waals surface area contributed by atoms with Crippen LogP contribution in [0.5, 0.6) is 0 Å². The zero-order chi connectivity index (χ0) is 18.6. The molecular weight excluding hydrogens is 342 g/mol. The lowest BCUT2D eigenvalue weighted by molar-refractivity contribution is -0.385. The Morgan fingerprint density at radius 1 is 1.20 bits per heavy atom. The molecule has 1 aromatic heterocycles. The Balaban J connectivity index is 2.17. The molecule has 0 bridgehead atoms. The van der Waals surface area contributed by atoms with Crippen LogP contribution >= 0.6 is 11.3 Å². The van der Waals surface area contributed by atoms with Crippen molar-refractivity contribution in [3.05, 3.63) is 56.3 Å². The van der Waals surface area contributed by atoms with Gasteiger partial charge in [-0.25, -0.2) is 0 Å². The lowest BCUT2D eigenvalue weighted by Crippen LogP contribution is -2.47. The Kier molecular flexibility index (Phi) is 5.87. The van der Waals surface area contributed by atoms with Crippen LogP contribution in [0.15, 0.2) is 35.7 Å². The summed E-state index contributed by atoms with van der Waals surface area (Å²) in [6.45, 7) is 5.21. The molecule has 2 N–H and O–H groups in total. The van der Waals surface area contributed by atoms with Gasteiger partial charge in [-0.1, -0.05) is 26.0 Å². The smallest absolute Gasteiger partial charge is 0.274 e.